The van der Waals surface area contributed by atoms with Crippen LogP contribution in [0.25, 0.3) is 10.5 Å². The molecule has 0 bridgehead atoms. The van der Waals surface area contributed by atoms with Crippen LogP contribution in [0.15, 0.2) is 114 Å². The second-order valence-corrected chi connectivity index (χ2v) is 10.8. The maximum atomic E-state index is 12.8. The van der Waals surface area contributed by atoms with E-state index in [2.05, 4.69) is 49.8 Å². The van der Waals surface area contributed by atoms with Crippen molar-refractivity contribution in [3.63, 3.8) is 0 Å². The summed E-state index contributed by atoms with van der Waals surface area (Å²) in [6, 6.07) is 32.0. The van der Waals surface area contributed by atoms with Gasteiger partial charge in [0.1, 0.15) is 10.0 Å². The molecule has 0 saturated carbocycles. The SMILES string of the molecule is Cc1ccc(C(C)C)cc1.Cc1ccc(S(=O)(=O)[N-][C@H](c2ccccc2)[C@H]([NH-])c2ccccc2)cc1.[CH3-].[Ru+3]. The molecule has 4 nitrogen and oxygen atoms in total. The maximum Gasteiger partial charge on any atom is 3.00 e. The predicted molar refractivity (Wildman–Crippen MR) is 156 cm³/mol. The Morgan fingerprint density at radius 2 is 1.05 bits per heavy atom. The zero-order chi connectivity index (χ0) is 26.1. The van der Waals surface area contributed by atoms with Crippen LogP contribution in [0.5, 0.6) is 0 Å². The van der Waals surface area contributed by atoms with Crippen LogP contribution in [0.3, 0.4) is 0 Å². The molecule has 201 valence electrons. The van der Waals surface area contributed by atoms with E-state index >= 15 is 0 Å². The summed E-state index contributed by atoms with van der Waals surface area (Å²) in [4.78, 5) is 0.143. The van der Waals surface area contributed by atoms with Crippen LogP contribution >= 0.6 is 0 Å². The molecule has 0 amide bonds. The van der Waals surface area contributed by atoms with Gasteiger partial charge in [0, 0.05) is 4.90 Å². The molecule has 4 aromatic carbocycles. The number of benzene rings is 4. The first-order valence-corrected chi connectivity index (χ1v) is 13.5. The molecule has 0 aliphatic heterocycles. The van der Waals surface area contributed by atoms with Crippen LogP contribution in [0.1, 0.15) is 59.7 Å². The van der Waals surface area contributed by atoms with Crippen LogP contribution in [0.4, 0.5) is 0 Å². The van der Waals surface area contributed by atoms with Crippen molar-refractivity contribution in [2.75, 3.05) is 0 Å². The molecule has 1 N–H and O–H groups in total. The third kappa shape index (κ3) is 9.60. The van der Waals surface area contributed by atoms with Crippen molar-refractivity contribution in [2.24, 2.45) is 0 Å². The van der Waals surface area contributed by atoms with Gasteiger partial charge in [0.2, 0.25) is 0 Å². The average Bonchev–Trinajstić information content (AvgIpc) is 2.89. The zero-order valence-corrected chi connectivity index (χ0v) is 25.2. The fraction of sp³-hybridized carbons (Fsp3) is 0.219. The first-order chi connectivity index (χ1) is 17.2. The van der Waals surface area contributed by atoms with Crippen LogP contribution in [-0.2, 0) is 29.5 Å². The minimum Gasteiger partial charge on any atom is -0.672 e. The van der Waals surface area contributed by atoms with E-state index in [0.717, 1.165) is 11.1 Å². The van der Waals surface area contributed by atoms with Crippen LogP contribution in [0.2, 0.25) is 0 Å². The Labute approximate surface area is 242 Å². The summed E-state index contributed by atoms with van der Waals surface area (Å²) < 4.78 is 29.8. The number of hydrogen-bond acceptors (Lipinski definition) is 2. The van der Waals surface area contributed by atoms with Gasteiger partial charge < -0.3 is 17.9 Å². The van der Waals surface area contributed by atoms with Crippen LogP contribution < -0.4 is 0 Å². The fourth-order valence-corrected chi connectivity index (χ4v) is 4.82. The standard InChI is InChI=1S/C21H20N2O2S.C10H14.CH3.Ru/c1-16-12-14-19(15-13-16)26(24,25)23-21(18-10-6-3-7-11-18)20(22)17-8-4-2-5-9-17;1-8(2)10-6-4-9(3)5-7-10;;/h2-15,20-22H,1H3;4-8H,1-3H3;1H3;/q-2;;-1;+3/t20-,21-;;;/m1.../s1. The Bertz CT molecular complexity index is 1310. The minimum atomic E-state index is -3.87. The average molecular weight is 615 g/mol. The van der Waals surface area contributed by atoms with Crippen LogP contribution in [0, 0.1) is 21.3 Å². The van der Waals surface area contributed by atoms with Gasteiger partial charge in [-0.3, -0.25) is 0 Å². The molecule has 4 aromatic rings. The van der Waals surface area contributed by atoms with Gasteiger partial charge in [-0.15, -0.1) is 12.1 Å². The Hall–Kier alpha value is -2.63. The third-order valence-electron chi connectivity index (χ3n) is 5.93. The molecule has 0 unspecified atom stereocenters. The molecular weight excluding hydrogens is 578 g/mol. The first-order valence-electron chi connectivity index (χ1n) is 12.1. The fourth-order valence-electron chi connectivity index (χ4n) is 3.68. The van der Waals surface area contributed by atoms with Gasteiger partial charge in [0.15, 0.2) is 0 Å². The summed E-state index contributed by atoms with van der Waals surface area (Å²) in [6.07, 6.45) is 0. The van der Waals surface area contributed by atoms with Gasteiger partial charge in [-0.25, -0.2) is 8.42 Å². The Kier molecular flexibility index (Phi) is 13.8. The molecule has 0 fully saturated rings. The smallest absolute Gasteiger partial charge is 0.672 e. The topological polar surface area (TPSA) is 72.0 Å². The van der Waals surface area contributed by atoms with E-state index < -0.39 is 22.1 Å². The van der Waals surface area contributed by atoms with E-state index in [0.29, 0.717) is 11.5 Å². The van der Waals surface area contributed by atoms with Gasteiger partial charge in [0.25, 0.3) is 0 Å². The Balaban J connectivity index is 0.000000511. The van der Waals surface area contributed by atoms with E-state index in [1.807, 2.05) is 67.6 Å². The van der Waals surface area contributed by atoms with Gasteiger partial charge in [-0.05, 0) is 37.5 Å². The number of rotatable bonds is 7. The van der Waals surface area contributed by atoms with Gasteiger partial charge >= 0.3 is 19.5 Å². The summed E-state index contributed by atoms with van der Waals surface area (Å²) in [5, 5.41) is 0. The van der Waals surface area contributed by atoms with Gasteiger partial charge in [-0.1, -0.05) is 133 Å². The van der Waals surface area contributed by atoms with E-state index in [9.17, 15) is 8.42 Å². The first kappa shape index (κ1) is 33.4. The Morgan fingerprint density at radius 3 is 1.50 bits per heavy atom. The number of aryl methyl sites for hydroxylation is 2. The minimum absolute atomic E-state index is 0. The molecule has 38 heavy (non-hydrogen) atoms. The van der Waals surface area contributed by atoms with Crippen LogP contribution in [-0.4, -0.2) is 8.42 Å². The van der Waals surface area contributed by atoms with Crippen molar-refractivity contribution in [1.29, 1.82) is 0 Å². The molecule has 0 aromatic heterocycles. The van der Waals surface area contributed by atoms with Crippen molar-refractivity contribution < 1.29 is 27.9 Å². The molecule has 0 saturated heterocycles. The van der Waals surface area contributed by atoms with Gasteiger partial charge in [0.05, 0.1) is 0 Å². The molecule has 0 heterocycles. The molecule has 2 atom stereocenters. The van der Waals surface area contributed by atoms with E-state index in [-0.39, 0.29) is 31.8 Å². The number of nitrogens with one attached hydrogen (secondary N) is 1. The van der Waals surface area contributed by atoms with Crippen molar-refractivity contribution in [2.45, 2.75) is 50.6 Å². The second kappa shape index (κ2) is 15.7. The summed E-state index contributed by atoms with van der Waals surface area (Å²) in [5.41, 5.74) is 13.8. The summed E-state index contributed by atoms with van der Waals surface area (Å²) in [5.74, 6) is 0.653. The quantitative estimate of drug-likeness (QED) is 0.154. The molecule has 4 rings (SSSR count). The number of hydrogen-bond donors (Lipinski definition) is 0. The molecule has 0 aliphatic rings. The number of sulfonamides is 1. The second-order valence-electron chi connectivity index (χ2n) is 9.20. The predicted octanol–water partition coefficient (Wildman–Crippen LogP) is 9.16. The largest absolute Gasteiger partial charge is 3.00 e. The third-order valence-corrected chi connectivity index (χ3v) is 7.30. The van der Waals surface area contributed by atoms with Gasteiger partial charge in [-0.2, -0.15) is 0 Å². The summed E-state index contributed by atoms with van der Waals surface area (Å²) in [6.45, 7) is 8.44. The molecule has 6 heteroatoms. The van der Waals surface area contributed by atoms with E-state index in [1.165, 1.54) is 11.1 Å². The summed E-state index contributed by atoms with van der Waals surface area (Å²) >= 11 is 0. The van der Waals surface area contributed by atoms with E-state index in [4.69, 9.17) is 5.73 Å². The summed E-state index contributed by atoms with van der Waals surface area (Å²) in [7, 11) is -3.87. The van der Waals surface area contributed by atoms with Crippen molar-refractivity contribution >= 4 is 10.0 Å². The molecular formula is C32H37N2O2RuS. The van der Waals surface area contributed by atoms with Crippen molar-refractivity contribution in [1.82, 2.24) is 0 Å². The normalized spacial score (nSPS) is 12.3. The molecule has 0 spiro atoms. The zero-order valence-electron chi connectivity index (χ0n) is 22.6. The van der Waals surface area contributed by atoms with Crippen molar-refractivity contribution in [3.8, 4) is 0 Å². The van der Waals surface area contributed by atoms with Crippen molar-refractivity contribution in [3.05, 3.63) is 155 Å². The maximum absolute atomic E-state index is 12.8. The molecule has 1 radical (unpaired) electrons. The van der Waals surface area contributed by atoms with E-state index in [1.54, 1.807) is 24.3 Å². The molecule has 0 aliphatic carbocycles. The monoisotopic (exact) mass is 615 g/mol. The Morgan fingerprint density at radius 1 is 0.632 bits per heavy atom. The number of nitrogens with zero attached hydrogens (tertiary/aromatic N) is 1.